The largest absolute Gasteiger partial charge is 0.383 e. The van der Waals surface area contributed by atoms with Crippen LogP contribution in [0.2, 0.25) is 0 Å². The fourth-order valence-corrected chi connectivity index (χ4v) is 4.78. The Labute approximate surface area is 184 Å². The summed E-state index contributed by atoms with van der Waals surface area (Å²) in [6.07, 6.45) is 1.56. The normalized spacial score (nSPS) is 15.0. The van der Waals surface area contributed by atoms with Gasteiger partial charge in [0.05, 0.1) is 18.0 Å². The molecule has 0 aromatic carbocycles. The molecule has 1 fully saturated rings. The van der Waals surface area contributed by atoms with Gasteiger partial charge in [0.25, 0.3) is 5.91 Å². The molecule has 3 aromatic heterocycles. The van der Waals surface area contributed by atoms with E-state index in [-0.39, 0.29) is 17.5 Å². The summed E-state index contributed by atoms with van der Waals surface area (Å²) >= 11 is 1.61. The second-order valence-electron chi connectivity index (χ2n) is 7.68. The summed E-state index contributed by atoms with van der Waals surface area (Å²) in [5, 5.41) is 11.1. The van der Waals surface area contributed by atoms with Crippen molar-refractivity contribution in [2.45, 2.75) is 38.8 Å². The minimum absolute atomic E-state index is 0.00485. The second-order valence-corrected chi connectivity index (χ2v) is 8.63. The molecule has 0 N–H and O–H groups in total. The van der Waals surface area contributed by atoms with Crippen LogP contribution in [0.1, 0.15) is 42.0 Å². The number of rotatable bonds is 7. The number of ether oxygens (including phenoxy) is 1. The number of hydrogen-bond donors (Lipinski definition) is 0. The minimum Gasteiger partial charge on any atom is -0.383 e. The fourth-order valence-electron chi connectivity index (χ4n) is 4.10. The monoisotopic (exact) mass is 444 g/mol. The Balaban J connectivity index is 1.46. The summed E-state index contributed by atoms with van der Waals surface area (Å²) in [7, 11) is 3.42. The van der Waals surface area contributed by atoms with E-state index in [1.165, 1.54) is 4.68 Å². The Bertz CT molecular complexity index is 1090. The summed E-state index contributed by atoms with van der Waals surface area (Å²) in [5.41, 5.74) is 1.32. The van der Waals surface area contributed by atoms with E-state index in [4.69, 9.17) is 4.74 Å². The number of piperidine rings is 1. The Morgan fingerprint density at radius 1 is 1.29 bits per heavy atom. The van der Waals surface area contributed by atoms with Gasteiger partial charge < -0.3 is 9.64 Å². The van der Waals surface area contributed by atoms with Gasteiger partial charge in [0.2, 0.25) is 0 Å². The molecule has 0 unspecified atom stereocenters. The molecule has 0 aliphatic carbocycles. The van der Waals surface area contributed by atoms with Gasteiger partial charge in [-0.1, -0.05) is 6.07 Å². The third kappa shape index (κ3) is 4.22. The van der Waals surface area contributed by atoms with Gasteiger partial charge in [-0.2, -0.15) is 10.2 Å². The van der Waals surface area contributed by atoms with Gasteiger partial charge in [-0.3, -0.25) is 14.0 Å². The zero-order valence-electron chi connectivity index (χ0n) is 18.2. The molecule has 0 atom stereocenters. The van der Waals surface area contributed by atoms with E-state index in [0.717, 1.165) is 29.2 Å². The molecule has 10 heteroatoms. The van der Waals surface area contributed by atoms with Crippen molar-refractivity contribution in [3.05, 3.63) is 45.6 Å². The molecule has 0 radical (unpaired) electrons. The molecular weight excluding hydrogens is 416 g/mol. The van der Waals surface area contributed by atoms with Crippen molar-refractivity contribution in [1.82, 2.24) is 29.0 Å². The van der Waals surface area contributed by atoms with Crippen molar-refractivity contribution >= 4 is 17.2 Å². The SMILES string of the molecule is CCn1c(C2CCN(C(=O)c3cc(-c4cccs4)nn3C)CC2)nn(CCOC)c1=O. The van der Waals surface area contributed by atoms with Crippen LogP contribution in [0.25, 0.3) is 10.6 Å². The van der Waals surface area contributed by atoms with Crippen LogP contribution in [0.4, 0.5) is 0 Å². The van der Waals surface area contributed by atoms with Crippen molar-refractivity contribution in [3.8, 4) is 10.6 Å². The molecule has 166 valence electrons. The van der Waals surface area contributed by atoms with Crippen LogP contribution >= 0.6 is 11.3 Å². The number of hydrogen-bond acceptors (Lipinski definition) is 6. The van der Waals surface area contributed by atoms with E-state index in [1.807, 2.05) is 42.5 Å². The lowest BCUT2D eigenvalue weighted by Gasteiger charge is -2.31. The third-order valence-corrected chi connectivity index (χ3v) is 6.69. The predicted molar refractivity (Wildman–Crippen MR) is 118 cm³/mol. The van der Waals surface area contributed by atoms with Gasteiger partial charge in [-0.25, -0.2) is 9.48 Å². The number of amides is 1. The van der Waals surface area contributed by atoms with Crippen LogP contribution in [0.15, 0.2) is 28.4 Å². The van der Waals surface area contributed by atoms with Gasteiger partial charge in [0.15, 0.2) is 0 Å². The molecule has 1 saturated heterocycles. The first-order valence-corrected chi connectivity index (χ1v) is 11.4. The van der Waals surface area contributed by atoms with E-state index in [1.54, 1.807) is 27.7 Å². The molecule has 1 aliphatic heterocycles. The zero-order valence-corrected chi connectivity index (χ0v) is 19.0. The van der Waals surface area contributed by atoms with Crippen LogP contribution in [0.5, 0.6) is 0 Å². The average Bonchev–Trinajstić information content (AvgIpc) is 3.51. The van der Waals surface area contributed by atoms with Crippen molar-refractivity contribution in [2.24, 2.45) is 7.05 Å². The number of aryl methyl sites for hydroxylation is 1. The van der Waals surface area contributed by atoms with Crippen molar-refractivity contribution in [1.29, 1.82) is 0 Å². The molecule has 0 saturated carbocycles. The van der Waals surface area contributed by atoms with E-state index >= 15 is 0 Å². The molecule has 9 nitrogen and oxygen atoms in total. The lowest BCUT2D eigenvalue weighted by atomic mass is 9.95. The molecule has 4 rings (SSSR count). The highest BCUT2D eigenvalue weighted by molar-refractivity contribution is 7.13. The predicted octanol–water partition coefficient (Wildman–Crippen LogP) is 2.19. The second kappa shape index (κ2) is 9.19. The Kier molecular flexibility index (Phi) is 6.38. The smallest absolute Gasteiger partial charge is 0.345 e. The first-order valence-electron chi connectivity index (χ1n) is 10.6. The Hall–Kier alpha value is -2.72. The lowest BCUT2D eigenvalue weighted by molar-refractivity contribution is 0.0699. The van der Waals surface area contributed by atoms with Gasteiger partial charge >= 0.3 is 5.69 Å². The number of methoxy groups -OCH3 is 1. The quantitative estimate of drug-likeness (QED) is 0.558. The summed E-state index contributed by atoms with van der Waals surface area (Å²) in [6.45, 7) is 4.70. The maximum Gasteiger partial charge on any atom is 0.345 e. The van der Waals surface area contributed by atoms with Crippen molar-refractivity contribution in [2.75, 3.05) is 26.8 Å². The molecule has 3 aromatic rings. The average molecular weight is 445 g/mol. The minimum atomic E-state index is -0.0935. The Morgan fingerprint density at radius 2 is 2.06 bits per heavy atom. The molecule has 1 amide bonds. The van der Waals surface area contributed by atoms with Gasteiger partial charge in [-0.05, 0) is 37.3 Å². The number of thiophene rings is 1. The van der Waals surface area contributed by atoms with Gasteiger partial charge in [-0.15, -0.1) is 11.3 Å². The first-order chi connectivity index (χ1) is 15.0. The first kappa shape index (κ1) is 21.5. The summed E-state index contributed by atoms with van der Waals surface area (Å²) in [6, 6.07) is 5.85. The van der Waals surface area contributed by atoms with E-state index in [9.17, 15) is 9.59 Å². The molecular formula is C21H28N6O3S. The molecule has 0 bridgehead atoms. The summed E-state index contributed by atoms with van der Waals surface area (Å²) in [5.74, 6) is 0.972. The summed E-state index contributed by atoms with van der Waals surface area (Å²) < 4.78 is 9.98. The van der Waals surface area contributed by atoms with E-state index in [2.05, 4.69) is 10.2 Å². The Morgan fingerprint density at radius 3 is 2.71 bits per heavy atom. The van der Waals surface area contributed by atoms with Gasteiger partial charge in [0, 0.05) is 39.7 Å². The van der Waals surface area contributed by atoms with E-state index < -0.39 is 0 Å². The zero-order chi connectivity index (χ0) is 22.0. The van der Waals surface area contributed by atoms with Crippen molar-refractivity contribution < 1.29 is 9.53 Å². The fraction of sp³-hybridized carbons (Fsp3) is 0.524. The maximum atomic E-state index is 13.1. The molecule has 4 heterocycles. The summed E-state index contributed by atoms with van der Waals surface area (Å²) in [4.78, 5) is 28.7. The molecule has 1 aliphatic rings. The highest BCUT2D eigenvalue weighted by Gasteiger charge is 2.30. The number of likely N-dealkylation sites (tertiary alicyclic amines) is 1. The highest BCUT2D eigenvalue weighted by Crippen LogP contribution is 2.28. The van der Waals surface area contributed by atoms with Crippen LogP contribution < -0.4 is 5.69 Å². The maximum absolute atomic E-state index is 13.1. The third-order valence-electron chi connectivity index (χ3n) is 5.79. The van der Waals surface area contributed by atoms with Crippen LogP contribution in [0, 0.1) is 0 Å². The molecule has 31 heavy (non-hydrogen) atoms. The number of carbonyl (C=O) groups excluding carboxylic acids is 1. The van der Waals surface area contributed by atoms with Gasteiger partial charge in [0.1, 0.15) is 17.2 Å². The van der Waals surface area contributed by atoms with Crippen LogP contribution in [0.3, 0.4) is 0 Å². The topological polar surface area (TPSA) is 87.2 Å². The standard InChI is InChI=1S/C21H28N6O3S/c1-4-26-19(23-27(21(26)29)11-12-30-3)15-7-9-25(10-8-15)20(28)17-14-16(22-24(17)2)18-6-5-13-31-18/h5-6,13-15H,4,7-12H2,1-3H3. The number of aromatic nitrogens is 5. The van der Waals surface area contributed by atoms with Crippen LogP contribution in [-0.2, 0) is 24.9 Å². The lowest BCUT2D eigenvalue weighted by Crippen LogP contribution is -2.39. The highest BCUT2D eigenvalue weighted by atomic mass is 32.1. The number of nitrogens with zero attached hydrogens (tertiary/aromatic N) is 6. The van der Waals surface area contributed by atoms with Crippen LogP contribution in [-0.4, -0.2) is 61.7 Å². The number of carbonyl (C=O) groups is 1. The van der Waals surface area contributed by atoms with Crippen molar-refractivity contribution in [3.63, 3.8) is 0 Å². The van der Waals surface area contributed by atoms with E-state index in [0.29, 0.717) is 38.5 Å². The molecule has 0 spiro atoms.